The molecule has 1 aliphatic rings. The number of hydrogen-bond acceptors (Lipinski definition) is 4. The molecule has 1 atom stereocenters. The molecule has 52 valence electrons. The minimum atomic E-state index is -0.328. The van der Waals surface area contributed by atoms with E-state index in [4.69, 9.17) is 11.8 Å². The molecule has 9 heavy (non-hydrogen) atoms. The van der Waals surface area contributed by atoms with Gasteiger partial charge in [-0.2, -0.15) is 0 Å². The lowest BCUT2D eigenvalue weighted by molar-refractivity contribution is -0.143. The standard InChI is InChI=1S/C4H6ClNO2S/c5-6-3-1-9-2-8-4(3)7/h3,6H,1-2H2/t3-/m1/s1. The average molecular weight is 168 g/mol. The van der Waals surface area contributed by atoms with Crippen molar-refractivity contribution in [1.29, 1.82) is 0 Å². The Morgan fingerprint density at radius 1 is 1.89 bits per heavy atom. The maximum Gasteiger partial charge on any atom is 0.326 e. The van der Waals surface area contributed by atoms with Crippen molar-refractivity contribution in [2.45, 2.75) is 6.04 Å². The lowest BCUT2D eigenvalue weighted by Crippen LogP contribution is -2.38. The van der Waals surface area contributed by atoms with Crippen LogP contribution >= 0.6 is 23.5 Å². The lowest BCUT2D eigenvalue weighted by Gasteiger charge is -2.17. The van der Waals surface area contributed by atoms with Gasteiger partial charge >= 0.3 is 5.97 Å². The number of esters is 1. The highest BCUT2D eigenvalue weighted by atomic mass is 35.5. The van der Waals surface area contributed by atoms with Crippen LogP contribution in [0.3, 0.4) is 0 Å². The van der Waals surface area contributed by atoms with Crippen LogP contribution in [0.25, 0.3) is 0 Å². The van der Waals surface area contributed by atoms with Gasteiger partial charge in [-0.25, -0.2) is 4.84 Å². The van der Waals surface area contributed by atoms with Crippen molar-refractivity contribution in [1.82, 2.24) is 4.84 Å². The van der Waals surface area contributed by atoms with E-state index in [0.29, 0.717) is 11.7 Å². The van der Waals surface area contributed by atoms with Crippen molar-refractivity contribution < 1.29 is 9.53 Å². The van der Waals surface area contributed by atoms with Crippen molar-refractivity contribution in [3.05, 3.63) is 0 Å². The van der Waals surface area contributed by atoms with Crippen LogP contribution in [0.1, 0.15) is 0 Å². The van der Waals surface area contributed by atoms with Crippen LogP contribution < -0.4 is 4.84 Å². The molecule has 0 unspecified atom stereocenters. The van der Waals surface area contributed by atoms with E-state index >= 15 is 0 Å². The molecule has 0 radical (unpaired) electrons. The molecule has 0 aromatic carbocycles. The maximum atomic E-state index is 10.6. The van der Waals surface area contributed by atoms with Crippen LogP contribution in [-0.2, 0) is 9.53 Å². The molecule has 1 N–H and O–H groups in total. The Hall–Kier alpha value is 0.0700. The zero-order valence-electron chi connectivity index (χ0n) is 4.59. The van der Waals surface area contributed by atoms with E-state index in [9.17, 15) is 4.79 Å². The number of carbonyl (C=O) groups is 1. The highest BCUT2D eigenvalue weighted by molar-refractivity contribution is 7.99. The van der Waals surface area contributed by atoms with Gasteiger partial charge in [0.05, 0.1) is 0 Å². The molecule has 0 bridgehead atoms. The number of carbonyl (C=O) groups excluding carboxylic acids is 1. The number of nitrogens with one attached hydrogen (secondary N) is 1. The fourth-order valence-electron chi connectivity index (χ4n) is 0.510. The normalized spacial score (nSPS) is 27.7. The van der Waals surface area contributed by atoms with Crippen LogP contribution in [0, 0.1) is 0 Å². The second kappa shape index (κ2) is 3.29. The third kappa shape index (κ3) is 1.74. The molecule has 0 amide bonds. The van der Waals surface area contributed by atoms with Crippen molar-refractivity contribution in [2.75, 3.05) is 11.7 Å². The molecule has 0 aromatic rings. The highest BCUT2D eigenvalue weighted by Gasteiger charge is 2.22. The molecule has 1 rings (SSSR count). The molecule has 5 heteroatoms. The van der Waals surface area contributed by atoms with Gasteiger partial charge in [0.15, 0.2) is 0 Å². The van der Waals surface area contributed by atoms with Gasteiger partial charge in [-0.1, -0.05) is 0 Å². The van der Waals surface area contributed by atoms with Gasteiger partial charge in [0.1, 0.15) is 12.0 Å². The second-order valence-corrected chi connectivity index (χ2v) is 2.81. The summed E-state index contributed by atoms with van der Waals surface area (Å²) in [5.74, 6) is 0.889. The Morgan fingerprint density at radius 2 is 2.67 bits per heavy atom. The van der Waals surface area contributed by atoms with Gasteiger partial charge in [-0.3, -0.25) is 4.79 Å². The predicted molar refractivity (Wildman–Crippen MR) is 36.2 cm³/mol. The average Bonchev–Trinajstić information content (AvgIpc) is 1.89. The Labute approximate surface area is 62.2 Å². The summed E-state index contributed by atoms with van der Waals surface area (Å²) in [7, 11) is 0. The van der Waals surface area contributed by atoms with E-state index in [1.165, 1.54) is 0 Å². The third-order valence-electron chi connectivity index (χ3n) is 0.985. The molecule has 1 fully saturated rings. The number of cyclic esters (lactones) is 1. The topological polar surface area (TPSA) is 38.3 Å². The molecule has 0 saturated carbocycles. The van der Waals surface area contributed by atoms with Crippen molar-refractivity contribution in [3.63, 3.8) is 0 Å². The summed E-state index contributed by atoms with van der Waals surface area (Å²) in [6, 6.07) is -0.328. The zero-order chi connectivity index (χ0) is 6.69. The number of ether oxygens (including phenoxy) is 1. The van der Waals surface area contributed by atoms with Crippen molar-refractivity contribution in [3.8, 4) is 0 Å². The quantitative estimate of drug-likeness (QED) is 0.452. The van der Waals surface area contributed by atoms with Gasteiger partial charge in [0, 0.05) is 5.75 Å². The van der Waals surface area contributed by atoms with E-state index in [-0.39, 0.29) is 12.0 Å². The summed E-state index contributed by atoms with van der Waals surface area (Å²) in [5, 5.41) is 0. The molecule has 0 aliphatic carbocycles. The summed E-state index contributed by atoms with van der Waals surface area (Å²) in [6.45, 7) is 0. The van der Waals surface area contributed by atoms with E-state index in [1.807, 2.05) is 0 Å². The van der Waals surface area contributed by atoms with Crippen LogP contribution in [0.5, 0.6) is 0 Å². The second-order valence-electron chi connectivity index (χ2n) is 1.61. The number of hydrogen-bond donors (Lipinski definition) is 1. The van der Waals surface area contributed by atoms with Gasteiger partial charge < -0.3 is 4.74 Å². The summed E-state index contributed by atoms with van der Waals surface area (Å²) < 4.78 is 4.66. The number of thioether (sulfide) groups is 1. The molecule has 1 saturated heterocycles. The van der Waals surface area contributed by atoms with Crippen molar-refractivity contribution >= 4 is 29.5 Å². The Bertz CT molecular complexity index is 121. The van der Waals surface area contributed by atoms with Gasteiger partial charge in [-0.05, 0) is 11.8 Å². The molecular weight excluding hydrogens is 162 g/mol. The third-order valence-corrected chi connectivity index (χ3v) is 2.10. The van der Waals surface area contributed by atoms with Gasteiger partial charge in [0.2, 0.25) is 0 Å². The van der Waals surface area contributed by atoms with E-state index in [0.717, 1.165) is 0 Å². The van der Waals surface area contributed by atoms with Crippen LogP contribution in [0.15, 0.2) is 0 Å². The molecule has 1 aliphatic heterocycles. The fraction of sp³-hybridized carbons (Fsp3) is 0.750. The molecule has 3 nitrogen and oxygen atoms in total. The molecule has 0 aromatic heterocycles. The Balaban J connectivity index is 2.39. The monoisotopic (exact) mass is 167 g/mol. The first-order valence-corrected chi connectivity index (χ1v) is 3.98. The Kier molecular flexibility index (Phi) is 2.63. The lowest BCUT2D eigenvalue weighted by atomic mass is 10.4. The zero-order valence-corrected chi connectivity index (χ0v) is 6.17. The smallest absolute Gasteiger partial charge is 0.326 e. The van der Waals surface area contributed by atoms with E-state index < -0.39 is 0 Å². The maximum absolute atomic E-state index is 10.6. The van der Waals surface area contributed by atoms with E-state index in [2.05, 4.69) is 9.57 Å². The first-order chi connectivity index (χ1) is 4.34. The largest absolute Gasteiger partial charge is 0.453 e. The molecule has 0 spiro atoms. The van der Waals surface area contributed by atoms with Gasteiger partial charge in [-0.15, -0.1) is 11.8 Å². The highest BCUT2D eigenvalue weighted by Crippen LogP contribution is 2.11. The van der Waals surface area contributed by atoms with Crippen LogP contribution in [0.2, 0.25) is 0 Å². The minimum absolute atomic E-state index is 0.260. The summed E-state index contributed by atoms with van der Waals surface area (Å²) >= 11 is 6.75. The fourth-order valence-corrected chi connectivity index (χ4v) is 1.52. The molecular formula is C4H6ClNO2S. The van der Waals surface area contributed by atoms with Crippen molar-refractivity contribution in [2.24, 2.45) is 0 Å². The summed E-state index contributed by atoms with van der Waals surface area (Å²) in [4.78, 5) is 13.0. The minimum Gasteiger partial charge on any atom is -0.453 e. The van der Waals surface area contributed by atoms with Crippen LogP contribution in [-0.4, -0.2) is 23.7 Å². The number of halogens is 1. The first-order valence-electron chi connectivity index (χ1n) is 2.45. The first kappa shape index (κ1) is 7.18. The predicted octanol–water partition coefficient (Wildman–Crippen LogP) is 0.346. The Morgan fingerprint density at radius 3 is 3.11 bits per heavy atom. The van der Waals surface area contributed by atoms with Gasteiger partial charge in [0.25, 0.3) is 0 Å². The van der Waals surface area contributed by atoms with E-state index in [1.54, 1.807) is 11.8 Å². The SMILES string of the molecule is O=C1OCSC[C@H]1NCl. The molecule has 1 heterocycles. The number of rotatable bonds is 1. The summed E-state index contributed by atoms with van der Waals surface area (Å²) in [5.41, 5.74) is 0. The van der Waals surface area contributed by atoms with Crippen LogP contribution in [0.4, 0.5) is 0 Å². The summed E-state index contributed by atoms with van der Waals surface area (Å²) in [6.07, 6.45) is 0.